The van der Waals surface area contributed by atoms with Gasteiger partial charge in [0.25, 0.3) is 0 Å². The van der Waals surface area contributed by atoms with E-state index >= 15 is 0 Å². The number of rotatable bonds is 1. The highest BCUT2D eigenvalue weighted by Gasteiger charge is 2.30. The summed E-state index contributed by atoms with van der Waals surface area (Å²) >= 11 is 0. The van der Waals surface area contributed by atoms with Gasteiger partial charge in [-0.25, -0.2) is 9.97 Å². The predicted octanol–water partition coefficient (Wildman–Crippen LogP) is 3.75. The van der Waals surface area contributed by atoms with E-state index in [4.69, 9.17) is 0 Å². The molecule has 2 aromatic heterocycles. The first-order valence-electron chi connectivity index (χ1n) is 5.94. The van der Waals surface area contributed by atoms with Gasteiger partial charge in [-0.2, -0.15) is 13.2 Å². The number of imidazole rings is 1. The number of halogens is 3. The molecule has 2 heterocycles. The number of fused-ring (bicyclic) bond motifs is 1. The van der Waals surface area contributed by atoms with Crippen LogP contribution in [0.15, 0.2) is 42.6 Å². The molecule has 6 heteroatoms. The molecule has 0 amide bonds. The molecule has 102 valence electrons. The number of alkyl halides is 3. The average molecular weight is 277 g/mol. The lowest BCUT2D eigenvalue weighted by Crippen LogP contribution is -2.07. The fourth-order valence-electron chi connectivity index (χ4n) is 2.12. The number of aromatic nitrogens is 3. The van der Waals surface area contributed by atoms with Crippen LogP contribution in [0.3, 0.4) is 0 Å². The summed E-state index contributed by atoms with van der Waals surface area (Å²) in [4.78, 5) is 8.26. The summed E-state index contributed by atoms with van der Waals surface area (Å²) in [6.45, 7) is 1.79. The standard InChI is InChI=1S/C14H10F3N3/c1-9-19-11-4-2-3-5-12(11)20(9)13-7-6-10(8-18-13)14(15,16)17/h2-8H,1H3. The SMILES string of the molecule is Cc1nc2ccccc2n1-c1ccc(C(F)(F)F)cn1. The van der Waals surface area contributed by atoms with Crippen LogP contribution in [0.2, 0.25) is 0 Å². The maximum absolute atomic E-state index is 12.5. The Morgan fingerprint density at radius 2 is 1.80 bits per heavy atom. The van der Waals surface area contributed by atoms with Crippen molar-refractivity contribution in [3.8, 4) is 5.82 Å². The summed E-state index contributed by atoms with van der Waals surface area (Å²) in [6, 6.07) is 9.79. The molecule has 1 aromatic carbocycles. The molecule has 3 aromatic rings. The van der Waals surface area contributed by atoms with Crippen LogP contribution in [0, 0.1) is 6.92 Å². The quantitative estimate of drug-likeness (QED) is 0.678. The number of hydrogen-bond donors (Lipinski definition) is 0. The van der Waals surface area contributed by atoms with Gasteiger partial charge in [-0.1, -0.05) is 12.1 Å². The second kappa shape index (κ2) is 4.33. The first kappa shape index (κ1) is 12.7. The molecule has 0 aliphatic rings. The smallest absolute Gasteiger partial charge is 0.281 e. The molecule has 0 bridgehead atoms. The normalized spacial score (nSPS) is 12.0. The van der Waals surface area contributed by atoms with Crippen LogP contribution in [0.4, 0.5) is 13.2 Å². The Morgan fingerprint density at radius 1 is 1.05 bits per heavy atom. The van der Waals surface area contributed by atoms with Gasteiger partial charge in [-0.05, 0) is 31.2 Å². The highest BCUT2D eigenvalue weighted by molar-refractivity contribution is 5.77. The lowest BCUT2D eigenvalue weighted by atomic mass is 10.2. The van der Waals surface area contributed by atoms with Gasteiger partial charge in [0, 0.05) is 6.20 Å². The van der Waals surface area contributed by atoms with Gasteiger partial charge in [-0.15, -0.1) is 0 Å². The maximum Gasteiger partial charge on any atom is 0.417 e. The van der Waals surface area contributed by atoms with Gasteiger partial charge < -0.3 is 0 Å². The first-order valence-corrected chi connectivity index (χ1v) is 5.94. The van der Waals surface area contributed by atoms with Gasteiger partial charge in [0.1, 0.15) is 11.6 Å². The topological polar surface area (TPSA) is 30.7 Å². The van der Waals surface area contributed by atoms with E-state index in [0.717, 1.165) is 23.3 Å². The van der Waals surface area contributed by atoms with E-state index in [9.17, 15) is 13.2 Å². The van der Waals surface area contributed by atoms with E-state index in [1.165, 1.54) is 6.07 Å². The van der Waals surface area contributed by atoms with Crippen LogP contribution >= 0.6 is 0 Å². The largest absolute Gasteiger partial charge is 0.417 e. The number of nitrogens with zero attached hydrogens (tertiary/aromatic N) is 3. The van der Waals surface area contributed by atoms with Crippen molar-refractivity contribution in [2.24, 2.45) is 0 Å². The molecule has 0 aliphatic heterocycles. The molecule has 20 heavy (non-hydrogen) atoms. The van der Waals surface area contributed by atoms with Crippen molar-refractivity contribution in [3.05, 3.63) is 54.0 Å². The molecule has 3 rings (SSSR count). The molecule has 0 saturated carbocycles. The van der Waals surface area contributed by atoms with E-state index in [1.807, 2.05) is 24.3 Å². The molecule has 0 aliphatic carbocycles. The number of hydrogen-bond acceptors (Lipinski definition) is 2. The fraction of sp³-hybridized carbons (Fsp3) is 0.143. The molecule has 0 N–H and O–H groups in total. The van der Waals surface area contributed by atoms with Gasteiger partial charge in [0.15, 0.2) is 0 Å². The van der Waals surface area contributed by atoms with E-state index in [0.29, 0.717) is 11.6 Å². The fourth-order valence-corrected chi connectivity index (χ4v) is 2.12. The van der Waals surface area contributed by atoms with E-state index in [-0.39, 0.29) is 0 Å². The Morgan fingerprint density at radius 3 is 2.45 bits per heavy atom. The second-order valence-electron chi connectivity index (χ2n) is 4.39. The summed E-state index contributed by atoms with van der Waals surface area (Å²) in [5.41, 5.74) is 0.840. The van der Waals surface area contributed by atoms with E-state index in [2.05, 4.69) is 9.97 Å². The van der Waals surface area contributed by atoms with Crippen molar-refractivity contribution in [1.29, 1.82) is 0 Å². The summed E-state index contributed by atoms with van der Waals surface area (Å²) in [6.07, 6.45) is -3.54. The third kappa shape index (κ3) is 2.03. The number of benzene rings is 1. The summed E-state index contributed by atoms with van der Waals surface area (Å²) < 4.78 is 39.3. The van der Waals surface area contributed by atoms with E-state index in [1.54, 1.807) is 11.5 Å². The monoisotopic (exact) mass is 277 g/mol. The predicted molar refractivity (Wildman–Crippen MR) is 68.6 cm³/mol. The van der Waals surface area contributed by atoms with Crippen molar-refractivity contribution in [2.75, 3.05) is 0 Å². The van der Waals surface area contributed by atoms with Crippen LogP contribution in [-0.2, 0) is 6.18 Å². The number of para-hydroxylation sites is 2. The Bertz CT molecular complexity index is 757. The molecule has 0 spiro atoms. The molecule has 0 radical (unpaired) electrons. The number of aryl methyl sites for hydroxylation is 1. The first-order chi connectivity index (χ1) is 9.47. The van der Waals surface area contributed by atoms with E-state index < -0.39 is 11.7 Å². The van der Waals surface area contributed by atoms with Crippen LogP contribution in [-0.4, -0.2) is 14.5 Å². The van der Waals surface area contributed by atoms with Crippen molar-refractivity contribution in [1.82, 2.24) is 14.5 Å². The molecular weight excluding hydrogens is 267 g/mol. The minimum absolute atomic E-state index is 0.421. The van der Waals surface area contributed by atoms with Crippen LogP contribution in [0.5, 0.6) is 0 Å². The van der Waals surface area contributed by atoms with Crippen LogP contribution < -0.4 is 0 Å². The third-order valence-electron chi connectivity index (χ3n) is 3.03. The van der Waals surface area contributed by atoms with Gasteiger partial charge in [0.05, 0.1) is 16.6 Å². The maximum atomic E-state index is 12.5. The highest BCUT2D eigenvalue weighted by atomic mass is 19.4. The summed E-state index contributed by atoms with van der Waals surface area (Å²) in [5.74, 6) is 1.10. The second-order valence-corrected chi connectivity index (χ2v) is 4.39. The van der Waals surface area contributed by atoms with Crippen molar-refractivity contribution in [2.45, 2.75) is 13.1 Å². The Balaban J connectivity index is 2.14. The third-order valence-corrected chi connectivity index (χ3v) is 3.03. The summed E-state index contributed by atoms with van der Waals surface area (Å²) in [7, 11) is 0. The highest BCUT2D eigenvalue weighted by Crippen LogP contribution is 2.29. The van der Waals surface area contributed by atoms with Crippen molar-refractivity contribution < 1.29 is 13.2 Å². The van der Waals surface area contributed by atoms with Gasteiger partial charge in [0.2, 0.25) is 0 Å². The molecule has 0 atom stereocenters. The molecular formula is C14H10F3N3. The zero-order valence-electron chi connectivity index (χ0n) is 10.5. The zero-order chi connectivity index (χ0) is 14.3. The van der Waals surface area contributed by atoms with Crippen LogP contribution in [0.25, 0.3) is 16.9 Å². The lowest BCUT2D eigenvalue weighted by Gasteiger charge is -2.09. The van der Waals surface area contributed by atoms with Crippen LogP contribution in [0.1, 0.15) is 11.4 Å². The minimum Gasteiger partial charge on any atom is -0.281 e. The number of pyridine rings is 1. The van der Waals surface area contributed by atoms with Gasteiger partial charge in [-0.3, -0.25) is 4.57 Å². The summed E-state index contributed by atoms with van der Waals surface area (Å²) in [5, 5.41) is 0. The zero-order valence-corrected chi connectivity index (χ0v) is 10.5. The Kier molecular flexibility index (Phi) is 2.74. The minimum atomic E-state index is -4.38. The Hall–Kier alpha value is -2.37. The molecule has 0 saturated heterocycles. The van der Waals surface area contributed by atoms with Gasteiger partial charge >= 0.3 is 6.18 Å². The lowest BCUT2D eigenvalue weighted by molar-refractivity contribution is -0.137. The van der Waals surface area contributed by atoms with Crippen molar-refractivity contribution >= 4 is 11.0 Å². The molecule has 3 nitrogen and oxygen atoms in total. The average Bonchev–Trinajstić information content (AvgIpc) is 2.73. The van der Waals surface area contributed by atoms with Crippen molar-refractivity contribution in [3.63, 3.8) is 0 Å². The molecule has 0 fully saturated rings. The molecule has 0 unspecified atom stereocenters. The Labute approximate surface area is 112 Å².